The summed E-state index contributed by atoms with van der Waals surface area (Å²) in [6, 6.07) is 4.47. The van der Waals surface area contributed by atoms with E-state index < -0.39 is 6.10 Å². The van der Waals surface area contributed by atoms with Crippen molar-refractivity contribution in [1.29, 1.82) is 0 Å². The Labute approximate surface area is 130 Å². The quantitative estimate of drug-likeness (QED) is 0.504. The summed E-state index contributed by atoms with van der Waals surface area (Å²) in [5, 5.41) is 10.1. The van der Waals surface area contributed by atoms with Crippen LogP contribution in [0.15, 0.2) is 22.7 Å². The molecule has 0 aliphatic rings. The van der Waals surface area contributed by atoms with Crippen LogP contribution in [0.1, 0.15) is 76.4 Å². The average Bonchev–Trinajstić information content (AvgIpc) is 2.44. The first-order valence-corrected chi connectivity index (χ1v) is 8.57. The minimum Gasteiger partial charge on any atom is -0.388 e. The summed E-state index contributed by atoms with van der Waals surface area (Å²) in [5.41, 5.74) is 0.660. The maximum Gasteiger partial charge on any atom is 0.123 e. The van der Waals surface area contributed by atoms with Gasteiger partial charge in [0.2, 0.25) is 0 Å². The maximum absolute atomic E-state index is 13.2. The Morgan fingerprint density at radius 1 is 1.05 bits per heavy atom. The number of aliphatic hydroxyl groups is 1. The highest BCUT2D eigenvalue weighted by Crippen LogP contribution is 2.28. The van der Waals surface area contributed by atoms with Gasteiger partial charge in [0.1, 0.15) is 5.82 Å². The Balaban J connectivity index is 2.17. The zero-order chi connectivity index (χ0) is 14.8. The summed E-state index contributed by atoms with van der Waals surface area (Å²) in [6.07, 6.45) is 10.1. The Kier molecular flexibility index (Phi) is 9.12. The molecule has 0 aliphatic heterocycles. The molecule has 1 aromatic carbocycles. The molecule has 20 heavy (non-hydrogen) atoms. The number of hydrogen-bond acceptors (Lipinski definition) is 1. The molecule has 3 heteroatoms. The number of rotatable bonds is 10. The fraction of sp³-hybridized carbons (Fsp3) is 0.647. The van der Waals surface area contributed by atoms with Crippen LogP contribution in [0.5, 0.6) is 0 Å². The van der Waals surface area contributed by atoms with Gasteiger partial charge in [0.15, 0.2) is 0 Å². The molecular formula is C17H26BrFO. The molecule has 1 N–H and O–H groups in total. The van der Waals surface area contributed by atoms with Crippen molar-refractivity contribution in [2.45, 2.75) is 70.8 Å². The highest BCUT2D eigenvalue weighted by molar-refractivity contribution is 9.10. The number of unbranched alkanes of at least 4 members (excludes halogenated alkanes) is 7. The topological polar surface area (TPSA) is 20.2 Å². The summed E-state index contributed by atoms with van der Waals surface area (Å²) in [5.74, 6) is -0.293. The Morgan fingerprint density at radius 2 is 1.65 bits per heavy atom. The molecule has 0 radical (unpaired) electrons. The summed E-state index contributed by atoms with van der Waals surface area (Å²) in [6.45, 7) is 2.23. The van der Waals surface area contributed by atoms with E-state index in [-0.39, 0.29) is 5.82 Å². The standard InChI is InChI=1S/C17H26BrFO/c1-2-3-4-5-6-7-8-9-10-17(20)15-13-14(19)11-12-16(15)18/h11-13,17,20H,2-10H2,1H3. The van der Waals surface area contributed by atoms with Crippen molar-refractivity contribution >= 4 is 15.9 Å². The van der Waals surface area contributed by atoms with Gasteiger partial charge in [0.25, 0.3) is 0 Å². The number of hydrogen-bond donors (Lipinski definition) is 1. The van der Waals surface area contributed by atoms with Gasteiger partial charge in [-0.15, -0.1) is 0 Å². The van der Waals surface area contributed by atoms with Gasteiger partial charge in [-0.25, -0.2) is 4.39 Å². The van der Waals surface area contributed by atoms with Crippen molar-refractivity contribution in [2.24, 2.45) is 0 Å². The number of halogens is 2. The fourth-order valence-electron chi connectivity index (χ4n) is 2.40. The summed E-state index contributed by atoms with van der Waals surface area (Å²) in [7, 11) is 0. The van der Waals surface area contributed by atoms with E-state index in [4.69, 9.17) is 0 Å². The van der Waals surface area contributed by atoms with Gasteiger partial charge in [-0.05, 0) is 30.2 Å². The SMILES string of the molecule is CCCCCCCCCCC(O)c1cc(F)ccc1Br. The lowest BCUT2D eigenvalue weighted by atomic mass is 10.0. The zero-order valence-corrected chi connectivity index (χ0v) is 14.0. The fourth-order valence-corrected chi connectivity index (χ4v) is 2.91. The van der Waals surface area contributed by atoms with Gasteiger partial charge >= 0.3 is 0 Å². The minimum atomic E-state index is -0.569. The van der Waals surface area contributed by atoms with Crippen LogP contribution in [0.4, 0.5) is 4.39 Å². The molecule has 0 saturated heterocycles. The molecule has 0 aliphatic carbocycles. The molecular weight excluding hydrogens is 319 g/mol. The molecule has 0 aromatic heterocycles. The lowest BCUT2D eigenvalue weighted by Gasteiger charge is -2.13. The summed E-state index contributed by atoms with van der Waals surface area (Å²) >= 11 is 3.36. The monoisotopic (exact) mass is 344 g/mol. The third-order valence-electron chi connectivity index (χ3n) is 3.65. The van der Waals surface area contributed by atoms with Crippen LogP contribution in [-0.4, -0.2) is 5.11 Å². The summed E-state index contributed by atoms with van der Waals surface area (Å²) < 4.78 is 13.9. The first-order valence-electron chi connectivity index (χ1n) is 7.78. The van der Waals surface area contributed by atoms with E-state index in [1.165, 1.54) is 50.7 Å². The van der Waals surface area contributed by atoms with E-state index in [1.54, 1.807) is 6.07 Å². The Morgan fingerprint density at radius 3 is 2.30 bits per heavy atom. The smallest absolute Gasteiger partial charge is 0.123 e. The molecule has 1 aromatic rings. The van der Waals surface area contributed by atoms with E-state index in [0.29, 0.717) is 12.0 Å². The van der Waals surface area contributed by atoms with Gasteiger partial charge in [-0.2, -0.15) is 0 Å². The molecule has 114 valence electrons. The molecule has 0 fully saturated rings. The van der Waals surface area contributed by atoms with Gasteiger partial charge in [-0.3, -0.25) is 0 Å². The van der Waals surface area contributed by atoms with Gasteiger partial charge in [-0.1, -0.05) is 74.2 Å². The van der Waals surface area contributed by atoms with Crippen molar-refractivity contribution in [2.75, 3.05) is 0 Å². The number of benzene rings is 1. The molecule has 1 atom stereocenters. The summed E-state index contributed by atoms with van der Waals surface area (Å²) in [4.78, 5) is 0. The van der Waals surface area contributed by atoms with E-state index in [0.717, 1.165) is 17.3 Å². The predicted molar refractivity (Wildman–Crippen MR) is 86.3 cm³/mol. The van der Waals surface area contributed by atoms with Crippen LogP contribution in [0, 0.1) is 5.82 Å². The zero-order valence-electron chi connectivity index (χ0n) is 12.4. The van der Waals surface area contributed by atoms with Crippen molar-refractivity contribution < 1.29 is 9.50 Å². The number of aliphatic hydroxyl groups excluding tert-OH is 1. The van der Waals surface area contributed by atoms with E-state index in [9.17, 15) is 9.50 Å². The van der Waals surface area contributed by atoms with Gasteiger partial charge < -0.3 is 5.11 Å². The second-order valence-corrected chi connectivity index (χ2v) is 6.30. The maximum atomic E-state index is 13.2. The van der Waals surface area contributed by atoms with E-state index in [2.05, 4.69) is 22.9 Å². The van der Waals surface area contributed by atoms with Gasteiger partial charge in [0, 0.05) is 4.47 Å². The predicted octanol–water partition coefficient (Wildman–Crippen LogP) is 6.15. The molecule has 1 nitrogen and oxygen atoms in total. The highest BCUT2D eigenvalue weighted by atomic mass is 79.9. The second kappa shape index (κ2) is 10.3. The van der Waals surface area contributed by atoms with Crippen molar-refractivity contribution in [3.8, 4) is 0 Å². The Hall–Kier alpha value is -0.410. The van der Waals surface area contributed by atoms with Crippen LogP contribution >= 0.6 is 15.9 Å². The molecule has 0 heterocycles. The molecule has 1 unspecified atom stereocenters. The highest BCUT2D eigenvalue weighted by Gasteiger charge is 2.11. The van der Waals surface area contributed by atoms with E-state index in [1.807, 2.05) is 0 Å². The molecule has 0 amide bonds. The third kappa shape index (κ3) is 6.85. The minimum absolute atomic E-state index is 0.293. The first kappa shape index (κ1) is 17.6. The molecule has 1 rings (SSSR count). The van der Waals surface area contributed by atoms with Crippen LogP contribution in [0.2, 0.25) is 0 Å². The van der Waals surface area contributed by atoms with Crippen LogP contribution in [0.3, 0.4) is 0 Å². The van der Waals surface area contributed by atoms with Crippen molar-refractivity contribution in [3.05, 3.63) is 34.1 Å². The Bertz CT molecular complexity index is 381. The normalized spacial score (nSPS) is 12.6. The van der Waals surface area contributed by atoms with Crippen molar-refractivity contribution in [3.63, 3.8) is 0 Å². The average molecular weight is 345 g/mol. The molecule has 0 spiro atoms. The van der Waals surface area contributed by atoms with Crippen molar-refractivity contribution in [1.82, 2.24) is 0 Å². The third-order valence-corrected chi connectivity index (χ3v) is 4.37. The molecule has 0 saturated carbocycles. The van der Waals surface area contributed by atoms with Gasteiger partial charge in [0.05, 0.1) is 6.10 Å². The van der Waals surface area contributed by atoms with Crippen LogP contribution < -0.4 is 0 Å². The first-order chi connectivity index (χ1) is 9.65. The lowest BCUT2D eigenvalue weighted by Crippen LogP contribution is -1.99. The largest absolute Gasteiger partial charge is 0.388 e. The van der Waals surface area contributed by atoms with E-state index >= 15 is 0 Å². The van der Waals surface area contributed by atoms with Crippen LogP contribution in [-0.2, 0) is 0 Å². The van der Waals surface area contributed by atoms with Crippen LogP contribution in [0.25, 0.3) is 0 Å². The second-order valence-electron chi connectivity index (χ2n) is 5.45. The molecule has 0 bridgehead atoms. The lowest BCUT2D eigenvalue weighted by molar-refractivity contribution is 0.162.